The zero-order valence-electron chi connectivity index (χ0n) is 10.8. The second-order valence-electron chi connectivity index (χ2n) is 4.42. The normalized spacial score (nSPS) is 14.2. The molecule has 3 nitrogen and oxygen atoms in total. The molecule has 1 aromatic heterocycles. The van der Waals surface area contributed by atoms with E-state index in [9.17, 15) is 5.11 Å². The summed E-state index contributed by atoms with van der Waals surface area (Å²) in [5, 5.41) is 16.3. The molecule has 2 atom stereocenters. The molecule has 0 aliphatic heterocycles. The molecule has 0 amide bonds. The molecule has 0 saturated carbocycles. The number of rotatable bonds is 4. The van der Waals surface area contributed by atoms with Gasteiger partial charge in [0.2, 0.25) is 0 Å². The van der Waals surface area contributed by atoms with Gasteiger partial charge in [-0.15, -0.1) is 11.3 Å². The van der Waals surface area contributed by atoms with Crippen molar-refractivity contribution in [3.8, 4) is 0 Å². The molecule has 0 bridgehead atoms. The summed E-state index contributed by atoms with van der Waals surface area (Å²) in [6.07, 6.45) is -0.474. The van der Waals surface area contributed by atoms with E-state index in [1.165, 1.54) is 0 Å². The Hall–Kier alpha value is -1.39. The lowest BCUT2D eigenvalue weighted by atomic mass is 10.1. The van der Waals surface area contributed by atoms with Gasteiger partial charge in [0.1, 0.15) is 0 Å². The summed E-state index contributed by atoms with van der Waals surface area (Å²) in [4.78, 5) is 4.47. The summed E-state index contributed by atoms with van der Waals surface area (Å²) in [5.41, 5.74) is 2.92. The standard InChI is InChI=1S/C14H18N2OS/c1-9(14-8-18-11(3)16-14)15-13-7-5-4-6-12(13)10(2)17/h4-10,15,17H,1-3H3. The van der Waals surface area contributed by atoms with Gasteiger partial charge in [0, 0.05) is 16.6 Å². The van der Waals surface area contributed by atoms with E-state index in [0.717, 1.165) is 22.0 Å². The maximum Gasteiger partial charge on any atom is 0.0898 e. The van der Waals surface area contributed by atoms with Gasteiger partial charge in [0.25, 0.3) is 0 Å². The van der Waals surface area contributed by atoms with Crippen LogP contribution in [0, 0.1) is 6.92 Å². The zero-order valence-corrected chi connectivity index (χ0v) is 11.7. The van der Waals surface area contributed by atoms with Crippen LogP contribution in [0.4, 0.5) is 5.69 Å². The average molecular weight is 262 g/mol. The monoisotopic (exact) mass is 262 g/mol. The van der Waals surface area contributed by atoms with E-state index in [2.05, 4.69) is 22.6 Å². The van der Waals surface area contributed by atoms with Crippen LogP contribution in [0.1, 0.15) is 42.3 Å². The fourth-order valence-electron chi connectivity index (χ4n) is 1.88. The molecule has 2 unspecified atom stereocenters. The molecule has 2 rings (SSSR count). The highest BCUT2D eigenvalue weighted by molar-refractivity contribution is 7.09. The van der Waals surface area contributed by atoms with E-state index in [-0.39, 0.29) is 6.04 Å². The van der Waals surface area contributed by atoms with Crippen LogP contribution in [0.2, 0.25) is 0 Å². The zero-order chi connectivity index (χ0) is 13.1. The second kappa shape index (κ2) is 5.50. The van der Waals surface area contributed by atoms with Crippen molar-refractivity contribution in [2.24, 2.45) is 0 Å². The van der Waals surface area contributed by atoms with Crippen LogP contribution in [-0.4, -0.2) is 10.1 Å². The Balaban J connectivity index is 2.19. The number of aromatic nitrogens is 1. The van der Waals surface area contributed by atoms with E-state index in [4.69, 9.17) is 0 Å². The number of nitrogens with zero attached hydrogens (tertiary/aromatic N) is 1. The highest BCUT2D eigenvalue weighted by Crippen LogP contribution is 2.26. The van der Waals surface area contributed by atoms with E-state index in [1.807, 2.05) is 31.2 Å². The second-order valence-corrected chi connectivity index (χ2v) is 5.48. The van der Waals surface area contributed by atoms with Gasteiger partial charge in [0.05, 0.1) is 22.8 Å². The lowest BCUT2D eigenvalue weighted by molar-refractivity contribution is 0.200. The number of aliphatic hydroxyl groups is 1. The third-order valence-corrected chi connectivity index (χ3v) is 3.66. The summed E-state index contributed by atoms with van der Waals surface area (Å²) in [5.74, 6) is 0. The smallest absolute Gasteiger partial charge is 0.0898 e. The van der Waals surface area contributed by atoms with Gasteiger partial charge in [-0.2, -0.15) is 0 Å². The summed E-state index contributed by atoms with van der Waals surface area (Å²) in [6, 6.07) is 7.96. The van der Waals surface area contributed by atoms with E-state index in [1.54, 1.807) is 18.3 Å². The maximum absolute atomic E-state index is 9.74. The van der Waals surface area contributed by atoms with Crippen molar-refractivity contribution in [3.63, 3.8) is 0 Å². The first kappa shape index (κ1) is 13.1. The van der Waals surface area contributed by atoms with Crippen molar-refractivity contribution < 1.29 is 5.11 Å². The molecular formula is C14H18N2OS. The Morgan fingerprint density at radius 1 is 1.28 bits per heavy atom. The molecule has 1 heterocycles. The largest absolute Gasteiger partial charge is 0.389 e. The third kappa shape index (κ3) is 2.89. The van der Waals surface area contributed by atoms with E-state index in [0.29, 0.717) is 0 Å². The lowest BCUT2D eigenvalue weighted by Gasteiger charge is -2.18. The maximum atomic E-state index is 9.74. The predicted molar refractivity (Wildman–Crippen MR) is 76.0 cm³/mol. The molecule has 4 heteroatoms. The minimum atomic E-state index is -0.474. The quantitative estimate of drug-likeness (QED) is 0.883. The molecule has 0 fully saturated rings. The fraction of sp³-hybridized carbons (Fsp3) is 0.357. The van der Waals surface area contributed by atoms with Crippen LogP contribution in [0.5, 0.6) is 0 Å². The molecule has 0 spiro atoms. The Morgan fingerprint density at radius 3 is 2.61 bits per heavy atom. The van der Waals surface area contributed by atoms with E-state index >= 15 is 0 Å². The Morgan fingerprint density at radius 2 is 2.00 bits per heavy atom. The Kier molecular flexibility index (Phi) is 3.99. The van der Waals surface area contributed by atoms with Gasteiger partial charge in [-0.1, -0.05) is 18.2 Å². The van der Waals surface area contributed by atoms with Gasteiger partial charge < -0.3 is 10.4 Å². The van der Waals surface area contributed by atoms with Gasteiger partial charge in [-0.05, 0) is 26.8 Å². The summed E-state index contributed by atoms with van der Waals surface area (Å²) < 4.78 is 0. The minimum absolute atomic E-state index is 0.134. The van der Waals surface area contributed by atoms with E-state index < -0.39 is 6.10 Å². The van der Waals surface area contributed by atoms with Crippen molar-refractivity contribution in [3.05, 3.63) is 45.9 Å². The first-order valence-corrected chi connectivity index (χ1v) is 6.91. The van der Waals surface area contributed by atoms with Crippen LogP contribution in [0.25, 0.3) is 0 Å². The van der Waals surface area contributed by atoms with Crippen LogP contribution in [0.15, 0.2) is 29.6 Å². The Bertz CT molecular complexity index is 522. The van der Waals surface area contributed by atoms with Crippen LogP contribution in [0.3, 0.4) is 0 Å². The molecule has 2 aromatic rings. The number of hydrogen-bond donors (Lipinski definition) is 2. The molecule has 18 heavy (non-hydrogen) atoms. The van der Waals surface area contributed by atoms with Crippen LogP contribution in [-0.2, 0) is 0 Å². The van der Waals surface area contributed by atoms with Crippen molar-refractivity contribution in [2.75, 3.05) is 5.32 Å². The SMILES string of the molecule is Cc1nc(C(C)Nc2ccccc2C(C)O)cs1. The molecular weight excluding hydrogens is 244 g/mol. The molecule has 0 saturated heterocycles. The van der Waals surface area contributed by atoms with Crippen LogP contribution < -0.4 is 5.32 Å². The number of nitrogens with one attached hydrogen (secondary N) is 1. The molecule has 96 valence electrons. The molecule has 0 radical (unpaired) electrons. The summed E-state index contributed by atoms with van der Waals surface area (Å²) >= 11 is 1.65. The van der Waals surface area contributed by atoms with Crippen LogP contribution >= 0.6 is 11.3 Å². The first-order valence-electron chi connectivity index (χ1n) is 6.03. The predicted octanol–water partition coefficient (Wildman–Crippen LogP) is 3.68. The molecule has 0 aliphatic rings. The van der Waals surface area contributed by atoms with Gasteiger partial charge in [0.15, 0.2) is 0 Å². The summed E-state index contributed by atoms with van der Waals surface area (Å²) in [7, 11) is 0. The van der Waals surface area contributed by atoms with Gasteiger partial charge in [-0.3, -0.25) is 0 Å². The highest BCUT2D eigenvalue weighted by atomic mass is 32.1. The Labute approximate surface area is 112 Å². The number of benzene rings is 1. The highest BCUT2D eigenvalue weighted by Gasteiger charge is 2.12. The first-order chi connectivity index (χ1) is 8.58. The third-order valence-electron chi connectivity index (χ3n) is 2.86. The minimum Gasteiger partial charge on any atom is -0.389 e. The topological polar surface area (TPSA) is 45.2 Å². The van der Waals surface area contributed by atoms with Crippen molar-refractivity contribution in [2.45, 2.75) is 32.9 Å². The van der Waals surface area contributed by atoms with Gasteiger partial charge >= 0.3 is 0 Å². The molecule has 0 aliphatic carbocycles. The lowest BCUT2D eigenvalue weighted by Crippen LogP contribution is -2.09. The number of aryl methyl sites for hydroxylation is 1. The number of para-hydroxylation sites is 1. The van der Waals surface area contributed by atoms with Crippen molar-refractivity contribution in [1.82, 2.24) is 4.98 Å². The molecule has 1 aromatic carbocycles. The molecule has 2 N–H and O–H groups in total. The van der Waals surface area contributed by atoms with Crippen molar-refractivity contribution in [1.29, 1.82) is 0 Å². The van der Waals surface area contributed by atoms with Crippen molar-refractivity contribution >= 4 is 17.0 Å². The van der Waals surface area contributed by atoms with Gasteiger partial charge in [-0.25, -0.2) is 4.98 Å². The number of thiazole rings is 1. The number of aliphatic hydroxyl groups excluding tert-OH is 1. The fourth-order valence-corrected chi connectivity index (χ4v) is 2.59. The number of hydrogen-bond acceptors (Lipinski definition) is 4. The summed E-state index contributed by atoms with van der Waals surface area (Å²) in [6.45, 7) is 5.86. The number of anilines is 1. The average Bonchev–Trinajstić information content (AvgIpc) is 2.76.